The molecule has 4 rings (SSSR count). The van der Waals surface area contributed by atoms with E-state index >= 15 is 0 Å². The molecule has 0 unspecified atom stereocenters. The Morgan fingerprint density at radius 1 is 0.828 bits per heavy atom. The van der Waals surface area contributed by atoms with Crippen LogP contribution < -0.4 is 0 Å². The minimum absolute atomic E-state index is 0.0707. The van der Waals surface area contributed by atoms with Gasteiger partial charge in [0.2, 0.25) is 5.78 Å². The third-order valence-corrected chi connectivity index (χ3v) is 4.95. The van der Waals surface area contributed by atoms with E-state index in [1.54, 1.807) is 0 Å². The fourth-order valence-electron chi connectivity index (χ4n) is 3.54. The van der Waals surface area contributed by atoms with E-state index in [4.69, 9.17) is 4.74 Å². The molecule has 3 aromatic carbocycles. The van der Waals surface area contributed by atoms with Crippen LogP contribution in [0.5, 0.6) is 0 Å². The van der Waals surface area contributed by atoms with Crippen molar-refractivity contribution in [3.63, 3.8) is 0 Å². The molecule has 4 aromatic rings. The highest BCUT2D eigenvalue weighted by Crippen LogP contribution is 2.26. The van der Waals surface area contributed by atoms with Crippen molar-refractivity contribution in [3.05, 3.63) is 95.7 Å². The Hall–Kier alpha value is -3.66. The molecule has 1 heterocycles. The Balaban J connectivity index is 1.66. The van der Waals surface area contributed by atoms with Crippen LogP contribution in [0.25, 0.3) is 22.0 Å². The lowest BCUT2D eigenvalue weighted by Crippen LogP contribution is -2.08. The maximum Gasteiger partial charge on any atom is 0.302 e. The minimum Gasteiger partial charge on any atom is -0.466 e. The van der Waals surface area contributed by atoms with Crippen molar-refractivity contribution >= 4 is 22.7 Å². The normalized spacial score (nSPS) is 10.8. The van der Waals surface area contributed by atoms with Gasteiger partial charge in [-0.15, -0.1) is 0 Å². The number of para-hydroxylation sites is 1. The van der Waals surface area contributed by atoms with Gasteiger partial charge in [0.1, 0.15) is 0 Å². The predicted molar refractivity (Wildman–Crippen MR) is 114 cm³/mol. The highest BCUT2D eigenvalue weighted by atomic mass is 16.5. The molecule has 0 atom stereocenters. The van der Waals surface area contributed by atoms with Crippen LogP contribution in [0.15, 0.2) is 78.9 Å². The monoisotopic (exact) mass is 383 g/mol. The van der Waals surface area contributed by atoms with E-state index in [2.05, 4.69) is 4.98 Å². The molecule has 0 spiro atoms. The second-order valence-electron chi connectivity index (χ2n) is 6.89. The molecule has 0 amide bonds. The Kier molecular flexibility index (Phi) is 5.25. The van der Waals surface area contributed by atoms with E-state index in [-0.39, 0.29) is 18.4 Å². The number of hydrogen-bond acceptors (Lipinski definition) is 3. The summed E-state index contributed by atoms with van der Waals surface area (Å²) in [6.07, 6.45) is 0.479. The molecule has 0 aliphatic heterocycles. The lowest BCUT2D eigenvalue weighted by Gasteiger charge is -2.07. The van der Waals surface area contributed by atoms with Gasteiger partial charge in [-0.05, 0) is 22.8 Å². The summed E-state index contributed by atoms with van der Waals surface area (Å²) in [6, 6.07) is 25.5. The van der Waals surface area contributed by atoms with Crippen molar-refractivity contribution in [3.8, 4) is 11.1 Å². The largest absolute Gasteiger partial charge is 0.466 e. The van der Waals surface area contributed by atoms with Crippen molar-refractivity contribution < 1.29 is 14.3 Å². The first kappa shape index (κ1) is 18.7. The molecule has 0 aliphatic carbocycles. The number of esters is 1. The van der Waals surface area contributed by atoms with Gasteiger partial charge >= 0.3 is 5.97 Å². The summed E-state index contributed by atoms with van der Waals surface area (Å²) < 4.78 is 5.11. The summed E-state index contributed by atoms with van der Waals surface area (Å²) >= 11 is 0. The third-order valence-electron chi connectivity index (χ3n) is 4.95. The first-order chi connectivity index (χ1) is 14.1. The number of carbonyl (C=O) groups excluding carboxylic acids is 2. The number of aromatic nitrogens is 1. The summed E-state index contributed by atoms with van der Waals surface area (Å²) in [5.41, 5.74) is 5.11. The van der Waals surface area contributed by atoms with Gasteiger partial charge in [0, 0.05) is 29.8 Å². The van der Waals surface area contributed by atoms with Crippen molar-refractivity contribution in [2.45, 2.75) is 13.3 Å². The summed E-state index contributed by atoms with van der Waals surface area (Å²) in [5, 5.41) is 0.976. The molecule has 1 aromatic heterocycles. The minimum atomic E-state index is -0.325. The van der Waals surface area contributed by atoms with Crippen molar-refractivity contribution in [1.29, 1.82) is 0 Å². The summed E-state index contributed by atoms with van der Waals surface area (Å²) in [5.74, 6) is -0.396. The van der Waals surface area contributed by atoms with Crippen LogP contribution >= 0.6 is 0 Å². The number of rotatable bonds is 6. The van der Waals surface area contributed by atoms with Gasteiger partial charge in [-0.2, -0.15) is 0 Å². The van der Waals surface area contributed by atoms with E-state index in [0.29, 0.717) is 17.7 Å². The van der Waals surface area contributed by atoms with Gasteiger partial charge in [-0.3, -0.25) is 9.59 Å². The van der Waals surface area contributed by atoms with E-state index in [1.807, 2.05) is 78.9 Å². The van der Waals surface area contributed by atoms with Crippen LogP contribution in [-0.4, -0.2) is 23.3 Å². The predicted octanol–water partition coefficient (Wildman–Crippen LogP) is 5.17. The van der Waals surface area contributed by atoms with Gasteiger partial charge in [0.25, 0.3) is 0 Å². The molecule has 0 bridgehead atoms. The zero-order valence-corrected chi connectivity index (χ0v) is 16.1. The Morgan fingerprint density at radius 2 is 1.48 bits per heavy atom. The molecule has 29 heavy (non-hydrogen) atoms. The Bertz CT molecular complexity index is 1160. The number of fused-ring (bicyclic) bond motifs is 1. The SMILES string of the molecule is CC(=O)OCCc1c(C(=O)c2ccc(-c3ccccc3)cc2)[nH]c2ccccc12. The smallest absolute Gasteiger partial charge is 0.302 e. The number of ether oxygens (including phenoxy) is 1. The summed E-state index contributed by atoms with van der Waals surface area (Å²) in [4.78, 5) is 27.6. The molecule has 4 heteroatoms. The molecule has 4 nitrogen and oxygen atoms in total. The number of ketones is 1. The fraction of sp³-hybridized carbons (Fsp3) is 0.120. The number of hydrogen-bond donors (Lipinski definition) is 1. The molecule has 144 valence electrons. The molecule has 0 aliphatic rings. The van der Waals surface area contributed by atoms with Crippen molar-refractivity contribution in [1.82, 2.24) is 4.98 Å². The first-order valence-corrected chi connectivity index (χ1v) is 9.56. The maximum absolute atomic E-state index is 13.2. The van der Waals surface area contributed by atoms with Gasteiger partial charge in [0.05, 0.1) is 12.3 Å². The van der Waals surface area contributed by atoms with Gasteiger partial charge in [-0.1, -0.05) is 72.8 Å². The second kappa shape index (κ2) is 8.15. The highest BCUT2D eigenvalue weighted by molar-refractivity contribution is 6.12. The molecule has 0 saturated carbocycles. The van der Waals surface area contributed by atoms with Gasteiger partial charge < -0.3 is 9.72 Å². The number of benzene rings is 3. The van der Waals surface area contributed by atoms with E-state index in [0.717, 1.165) is 27.6 Å². The standard InChI is InChI=1S/C25H21NO3/c1-17(27)29-16-15-22-21-9-5-6-10-23(21)26-24(22)25(28)20-13-11-19(12-14-20)18-7-3-2-4-8-18/h2-14,26H,15-16H2,1H3. The number of H-pyrrole nitrogens is 1. The van der Waals surface area contributed by atoms with Crippen LogP contribution in [0.4, 0.5) is 0 Å². The second-order valence-corrected chi connectivity index (χ2v) is 6.89. The van der Waals surface area contributed by atoms with Gasteiger partial charge in [0.15, 0.2) is 0 Å². The summed E-state index contributed by atoms with van der Waals surface area (Å²) in [6.45, 7) is 1.62. The van der Waals surface area contributed by atoms with E-state index in [1.165, 1.54) is 6.92 Å². The molecule has 0 fully saturated rings. The van der Waals surface area contributed by atoms with E-state index < -0.39 is 0 Å². The average Bonchev–Trinajstić information content (AvgIpc) is 3.12. The molecular weight excluding hydrogens is 362 g/mol. The van der Waals surface area contributed by atoms with E-state index in [9.17, 15) is 9.59 Å². The van der Waals surface area contributed by atoms with Crippen molar-refractivity contribution in [2.24, 2.45) is 0 Å². The number of nitrogens with one attached hydrogen (secondary N) is 1. The maximum atomic E-state index is 13.2. The Morgan fingerprint density at radius 3 is 2.21 bits per heavy atom. The van der Waals surface area contributed by atoms with Crippen LogP contribution in [0, 0.1) is 0 Å². The van der Waals surface area contributed by atoms with Crippen LogP contribution in [0.3, 0.4) is 0 Å². The average molecular weight is 383 g/mol. The number of carbonyl (C=O) groups is 2. The van der Waals surface area contributed by atoms with Crippen LogP contribution in [-0.2, 0) is 16.0 Å². The van der Waals surface area contributed by atoms with Crippen molar-refractivity contribution in [2.75, 3.05) is 6.61 Å². The molecule has 1 N–H and O–H groups in total. The van der Waals surface area contributed by atoms with Crippen LogP contribution in [0.2, 0.25) is 0 Å². The number of aromatic amines is 1. The summed E-state index contributed by atoms with van der Waals surface area (Å²) in [7, 11) is 0. The topological polar surface area (TPSA) is 59.2 Å². The highest BCUT2D eigenvalue weighted by Gasteiger charge is 2.19. The zero-order valence-electron chi connectivity index (χ0n) is 16.1. The molecular formula is C25H21NO3. The lowest BCUT2D eigenvalue weighted by atomic mass is 9.99. The first-order valence-electron chi connectivity index (χ1n) is 9.56. The quantitative estimate of drug-likeness (QED) is 0.369. The fourth-order valence-corrected chi connectivity index (χ4v) is 3.54. The Labute approximate surface area is 169 Å². The van der Waals surface area contributed by atoms with Crippen LogP contribution in [0.1, 0.15) is 28.5 Å². The zero-order chi connectivity index (χ0) is 20.2. The lowest BCUT2D eigenvalue weighted by molar-refractivity contribution is -0.140. The van der Waals surface area contributed by atoms with Gasteiger partial charge in [-0.25, -0.2) is 0 Å². The molecule has 0 saturated heterocycles. The molecule has 0 radical (unpaired) electrons. The third kappa shape index (κ3) is 3.97.